The summed E-state index contributed by atoms with van der Waals surface area (Å²) < 4.78 is 0. The van der Waals surface area contributed by atoms with Gasteiger partial charge >= 0.3 is 0 Å². The number of nitrogens with one attached hydrogen (secondary N) is 2. The first-order valence-electron chi connectivity index (χ1n) is 5.66. The Hall–Kier alpha value is -2.79. The molecule has 2 heterocycles. The predicted molar refractivity (Wildman–Crippen MR) is 78.4 cm³/mol. The van der Waals surface area contributed by atoms with Crippen molar-refractivity contribution in [1.82, 2.24) is 15.0 Å². The van der Waals surface area contributed by atoms with Gasteiger partial charge in [0.1, 0.15) is 5.69 Å². The second-order valence-corrected chi connectivity index (χ2v) is 4.60. The molecule has 0 unspecified atom stereocenters. The third kappa shape index (κ3) is 3.21. The number of carbonyl (C=O) groups excluding carboxylic acids is 1. The van der Waals surface area contributed by atoms with E-state index in [1.54, 1.807) is 6.26 Å². The van der Waals surface area contributed by atoms with Gasteiger partial charge in [-0.1, -0.05) is 17.7 Å². The lowest BCUT2D eigenvalue weighted by atomic mass is 10.2. The zero-order valence-corrected chi connectivity index (χ0v) is 11.7. The fourth-order valence-electron chi connectivity index (χ4n) is 1.49. The highest BCUT2D eigenvalue weighted by Gasteiger charge is 2.18. The molecule has 0 bridgehead atoms. The lowest BCUT2D eigenvalue weighted by Gasteiger charge is -2.06. The van der Waals surface area contributed by atoms with E-state index in [0.29, 0.717) is 11.4 Å². The van der Waals surface area contributed by atoms with Crippen molar-refractivity contribution in [3.05, 3.63) is 39.9 Å². The molecule has 3 N–H and O–H groups in total. The SMILES string of the molecule is C#Cc1ccc(NC(=O)c2c(O)nc(SC)[nH]c2=O)cn1. The zero-order chi connectivity index (χ0) is 15.4. The first-order chi connectivity index (χ1) is 10.0. The minimum absolute atomic E-state index is 0.217. The van der Waals surface area contributed by atoms with E-state index in [1.165, 1.54) is 18.3 Å². The van der Waals surface area contributed by atoms with Crippen molar-refractivity contribution in [3.63, 3.8) is 0 Å². The van der Waals surface area contributed by atoms with Crippen LogP contribution >= 0.6 is 11.8 Å². The van der Waals surface area contributed by atoms with Gasteiger partial charge in [-0.25, -0.2) is 4.98 Å². The van der Waals surface area contributed by atoms with Gasteiger partial charge in [0.2, 0.25) is 5.88 Å². The summed E-state index contributed by atoms with van der Waals surface area (Å²) in [6.45, 7) is 0. The molecule has 0 aliphatic rings. The van der Waals surface area contributed by atoms with Crippen molar-refractivity contribution >= 4 is 23.4 Å². The number of hydrogen-bond acceptors (Lipinski definition) is 6. The Bertz CT molecular complexity index is 777. The molecule has 1 amide bonds. The van der Waals surface area contributed by atoms with Crippen LogP contribution in [0.25, 0.3) is 0 Å². The number of hydrogen-bond donors (Lipinski definition) is 3. The van der Waals surface area contributed by atoms with Crippen LogP contribution in [0.3, 0.4) is 0 Å². The fourth-order valence-corrected chi connectivity index (χ4v) is 1.86. The Labute approximate surface area is 123 Å². The number of pyridine rings is 1. The summed E-state index contributed by atoms with van der Waals surface area (Å²) in [5.74, 6) is 0.920. The molecule has 8 heteroatoms. The molecule has 106 valence electrons. The van der Waals surface area contributed by atoms with Gasteiger partial charge in [0.05, 0.1) is 11.9 Å². The van der Waals surface area contributed by atoms with Crippen LogP contribution in [0.1, 0.15) is 16.1 Å². The van der Waals surface area contributed by atoms with Crippen LogP contribution < -0.4 is 10.9 Å². The minimum atomic E-state index is -0.788. The number of rotatable bonds is 3. The quantitative estimate of drug-likeness (QED) is 0.440. The molecule has 0 radical (unpaired) electrons. The maximum atomic E-state index is 12.0. The highest BCUT2D eigenvalue weighted by Crippen LogP contribution is 2.15. The molecule has 0 saturated heterocycles. The standard InChI is InChI=1S/C13H10N4O3S/c1-3-7-4-5-8(6-14-7)15-10(18)9-11(19)16-13(21-2)17-12(9)20/h1,4-6H,2H3,(H,15,18)(H2,16,17,19,20). The maximum absolute atomic E-state index is 12.0. The number of anilines is 1. The van der Waals surface area contributed by atoms with Gasteiger partial charge in [0.25, 0.3) is 11.5 Å². The number of amides is 1. The van der Waals surface area contributed by atoms with Crippen LogP contribution in [0, 0.1) is 12.3 Å². The topological polar surface area (TPSA) is 108 Å². The molecule has 0 aromatic carbocycles. The van der Waals surface area contributed by atoms with Crippen LogP contribution in [-0.2, 0) is 0 Å². The lowest BCUT2D eigenvalue weighted by molar-refractivity contribution is 0.102. The van der Waals surface area contributed by atoms with E-state index in [2.05, 4.69) is 26.2 Å². The molecule has 0 spiro atoms. The molecule has 0 saturated carbocycles. The molecule has 0 aliphatic carbocycles. The van der Waals surface area contributed by atoms with Crippen LogP contribution in [-0.4, -0.2) is 32.2 Å². The summed E-state index contributed by atoms with van der Waals surface area (Å²) in [6.07, 6.45) is 8.20. The molecule has 2 aromatic heterocycles. The highest BCUT2D eigenvalue weighted by molar-refractivity contribution is 7.98. The first kappa shape index (κ1) is 14.6. The van der Waals surface area contributed by atoms with Crippen molar-refractivity contribution in [3.8, 4) is 18.2 Å². The van der Waals surface area contributed by atoms with Crippen molar-refractivity contribution in [2.45, 2.75) is 5.16 Å². The summed E-state index contributed by atoms with van der Waals surface area (Å²) in [5, 5.41) is 12.3. The Kier molecular flexibility index (Phi) is 4.25. The van der Waals surface area contributed by atoms with Gasteiger partial charge < -0.3 is 15.4 Å². The van der Waals surface area contributed by atoms with Gasteiger partial charge in [0, 0.05) is 0 Å². The number of aromatic amines is 1. The van der Waals surface area contributed by atoms with E-state index in [0.717, 1.165) is 11.8 Å². The summed E-state index contributed by atoms with van der Waals surface area (Å²) in [6, 6.07) is 3.07. The van der Waals surface area contributed by atoms with E-state index < -0.39 is 22.9 Å². The van der Waals surface area contributed by atoms with Crippen molar-refractivity contribution in [1.29, 1.82) is 0 Å². The maximum Gasteiger partial charge on any atom is 0.268 e. The first-order valence-corrected chi connectivity index (χ1v) is 6.89. The fraction of sp³-hybridized carbons (Fsp3) is 0.0769. The molecule has 7 nitrogen and oxygen atoms in total. The highest BCUT2D eigenvalue weighted by atomic mass is 32.2. The van der Waals surface area contributed by atoms with Gasteiger partial charge in [-0.15, -0.1) is 6.42 Å². The summed E-state index contributed by atoms with van der Waals surface area (Å²) in [5.41, 5.74) is -0.433. The van der Waals surface area contributed by atoms with E-state index >= 15 is 0 Å². The third-order valence-corrected chi connectivity index (χ3v) is 3.05. The second-order valence-electron chi connectivity index (χ2n) is 3.80. The monoisotopic (exact) mass is 302 g/mol. The van der Waals surface area contributed by atoms with Gasteiger partial charge in [-0.2, -0.15) is 4.98 Å². The predicted octanol–water partition coefficient (Wildman–Crippen LogP) is 0.826. The van der Waals surface area contributed by atoms with Crippen LogP contribution in [0.2, 0.25) is 0 Å². The van der Waals surface area contributed by atoms with Gasteiger partial charge in [-0.05, 0) is 18.4 Å². The van der Waals surface area contributed by atoms with Gasteiger partial charge in [0.15, 0.2) is 10.7 Å². The van der Waals surface area contributed by atoms with Crippen molar-refractivity contribution in [2.75, 3.05) is 11.6 Å². The average molecular weight is 302 g/mol. The van der Waals surface area contributed by atoms with Crippen LogP contribution in [0.4, 0.5) is 5.69 Å². The summed E-state index contributed by atoms with van der Waals surface area (Å²) >= 11 is 1.14. The zero-order valence-electron chi connectivity index (χ0n) is 10.9. The number of aromatic hydroxyl groups is 1. The Morgan fingerprint density at radius 1 is 1.52 bits per heavy atom. The van der Waals surface area contributed by atoms with E-state index in [4.69, 9.17) is 6.42 Å². The normalized spacial score (nSPS) is 9.90. The molecular weight excluding hydrogens is 292 g/mol. The minimum Gasteiger partial charge on any atom is -0.493 e. The van der Waals surface area contributed by atoms with E-state index in [1.807, 2.05) is 0 Å². The van der Waals surface area contributed by atoms with Crippen molar-refractivity contribution < 1.29 is 9.90 Å². The Morgan fingerprint density at radius 3 is 2.81 bits per heavy atom. The largest absolute Gasteiger partial charge is 0.493 e. The second kappa shape index (κ2) is 6.11. The number of nitrogens with zero attached hydrogens (tertiary/aromatic N) is 2. The molecule has 0 aliphatic heterocycles. The number of H-pyrrole nitrogens is 1. The van der Waals surface area contributed by atoms with Crippen LogP contribution in [0.15, 0.2) is 28.3 Å². The third-order valence-electron chi connectivity index (χ3n) is 2.47. The smallest absolute Gasteiger partial charge is 0.268 e. The number of terminal acetylenes is 1. The lowest BCUT2D eigenvalue weighted by Crippen LogP contribution is -2.24. The Morgan fingerprint density at radius 2 is 2.29 bits per heavy atom. The number of thioether (sulfide) groups is 1. The summed E-state index contributed by atoms with van der Waals surface area (Å²) in [7, 11) is 0. The van der Waals surface area contributed by atoms with E-state index in [-0.39, 0.29) is 5.16 Å². The average Bonchev–Trinajstić information content (AvgIpc) is 2.47. The van der Waals surface area contributed by atoms with Crippen molar-refractivity contribution in [2.24, 2.45) is 0 Å². The molecule has 0 atom stereocenters. The summed E-state index contributed by atoms with van der Waals surface area (Å²) in [4.78, 5) is 33.8. The Balaban J connectivity index is 2.28. The van der Waals surface area contributed by atoms with Gasteiger partial charge in [-0.3, -0.25) is 9.59 Å². The molecule has 0 fully saturated rings. The van der Waals surface area contributed by atoms with E-state index in [9.17, 15) is 14.7 Å². The molecular formula is C13H10N4O3S. The number of aromatic nitrogens is 3. The van der Waals surface area contributed by atoms with Crippen LogP contribution in [0.5, 0.6) is 5.88 Å². The molecule has 21 heavy (non-hydrogen) atoms. The molecule has 2 aromatic rings. The molecule has 2 rings (SSSR count). The number of carbonyl (C=O) groups is 1.